The molecule has 2 aromatic rings. The summed E-state index contributed by atoms with van der Waals surface area (Å²) in [6, 6.07) is 2.43. The Bertz CT molecular complexity index is 926. The first-order chi connectivity index (χ1) is 13.4. The van der Waals surface area contributed by atoms with E-state index in [1.54, 1.807) is 29.4 Å². The number of methoxy groups -OCH3 is 1. The van der Waals surface area contributed by atoms with Crippen molar-refractivity contribution in [2.24, 2.45) is 5.92 Å². The molecular formula is C19H23N5O4. The molecule has 0 bridgehead atoms. The molecule has 2 N–H and O–H groups in total. The van der Waals surface area contributed by atoms with Crippen molar-refractivity contribution in [2.45, 2.75) is 32.9 Å². The van der Waals surface area contributed by atoms with Crippen LogP contribution in [0.3, 0.4) is 0 Å². The molecule has 3 heterocycles. The molecule has 1 aliphatic heterocycles. The third kappa shape index (κ3) is 4.03. The van der Waals surface area contributed by atoms with Crippen molar-refractivity contribution < 1.29 is 14.3 Å². The van der Waals surface area contributed by atoms with E-state index in [1.807, 2.05) is 13.8 Å². The molecular weight excluding hydrogens is 362 g/mol. The van der Waals surface area contributed by atoms with Crippen molar-refractivity contribution in [3.8, 4) is 11.4 Å². The van der Waals surface area contributed by atoms with E-state index < -0.39 is 12.0 Å². The first-order valence-electron chi connectivity index (χ1n) is 9.06. The van der Waals surface area contributed by atoms with Gasteiger partial charge in [0, 0.05) is 30.1 Å². The topological polar surface area (TPSA) is 117 Å². The molecule has 2 amide bonds. The third-order valence-corrected chi connectivity index (χ3v) is 4.70. The number of amides is 2. The van der Waals surface area contributed by atoms with Gasteiger partial charge in [-0.15, -0.1) is 0 Å². The van der Waals surface area contributed by atoms with Crippen LogP contribution in [0.15, 0.2) is 29.3 Å². The Morgan fingerprint density at radius 2 is 2.14 bits per heavy atom. The van der Waals surface area contributed by atoms with Gasteiger partial charge in [-0.1, -0.05) is 13.8 Å². The lowest BCUT2D eigenvalue weighted by Gasteiger charge is -2.30. The van der Waals surface area contributed by atoms with Gasteiger partial charge in [-0.2, -0.15) is 0 Å². The normalized spacial score (nSPS) is 14.4. The molecule has 0 aliphatic carbocycles. The van der Waals surface area contributed by atoms with E-state index in [0.29, 0.717) is 35.6 Å². The van der Waals surface area contributed by atoms with Gasteiger partial charge in [0.25, 0.3) is 5.56 Å². The summed E-state index contributed by atoms with van der Waals surface area (Å²) in [5.74, 6) is -0.199. The Morgan fingerprint density at radius 1 is 1.36 bits per heavy atom. The number of rotatable bonds is 4. The van der Waals surface area contributed by atoms with Gasteiger partial charge in [0.2, 0.25) is 0 Å². The number of H-pyrrole nitrogens is 1. The molecule has 0 aromatic carbocycles. The highest BCUT2D eigenvalue weighted by molar-refractivity contribution is 5.83. The second kappa shape index (κ2) is 8.20. The summed E-state index contributed by atoms with van der Waals surface area (Å²) in [6.07, 6.45) is 3.64. The number of fused-ring (bicyclic) bond motifs is 1. The van der Waals surface area contributed by atoms with Gasteiger partial charge in [0.1, 0.15) is 11.9 Å². The third-order valence-electron chi connectivity index (χ3n) is 4.70. The summed E-state index contributed by atoms with van der Waals surface area (Å²) in [7, 11) is 1.29. The Balaban J connectivity index is 1.81. The zero-order chi connectivity index (χ0) is 20.3. The standard InChI is InChI=1S/C19H23N5O4/c1-11(2)15(18(26)28-3)22-19(27)24-8-6-13-14(10-24)21-16(23-17(13)25)12-5-4-7-20-9-12/h4-5,7,9,11,15H,6,8,10H2,1-3H3,(H,22,27)(H,21,23,25)/t15-/m0/s1. The van der Waals surface area contributed by atoms with Crippen LogP contribution < -0.4 is 10.9 Å². The number of aromatic amines is 1. The predicted octanol–water partition coefficient (Wildman–Crippen LogP) is 1.10. The van der Waals surface area contributed by atoms with Crippen molar-refractivity contribution in [1.29, 1.82) is 0 Å². The minimum Gasteiger partial charge on any atom is -0.467 e. The highest BCUT2D eigenvalue weighted by Gasteiger charge is 2.30. The smallest absolute Gasteiger partial charge is 0.328 e. The zero-order valence-electron chi connectivity index (χ0n) is 16.1. The summed E-state index contributed by atoms with van der Waals surface area (Å²) < 4.78 is 4.76. The van der Waals surface area contributed by atoms with E-state index in [1.165, 1.54) is 7.11 Å². The van der Waals surface area contributed by atoms with Crippen molar-refractivity contribution in [2.75, 3.05) is 13.7 Å². The molecule has 1 atom stereocenters. The van der Waals surface area contributed by atoms with E-state index in [4.69, 9.17) is 4.74 Å². The first-order valence-corrected chi connectivity index (χ1v) is 9.06. The SMILES string of the molecule is COC(=O)[C@@H](NC(=O)N1CCc2c(nc(-c3cccnc3)[nH]c2=O)C1)C(C)C. The average molecular weight is 385 g/mol. The lowest BCUT2D eigenvalue weighted by molar-refractivity contribution is -0.144. The number of aromatic nitrogens is 3. The van der Waals surface area contributed by atoms with Crippen LogP contribution in [0, 0.1) is 5.92 Å². The minimum absolute atomic E-state index is 0.119. The molecule has 0 saturated carbocycles. The van der Waals surface area contributed by atoms with Gasteiger partial charge in [-0.3, -0.25) is 9.78 Å². The number of hydrogen-bond donors (Lipinski definition) is 2. The molecule has 0 radical (unpaired) electrons. The van der Waals surface area contributed by atoms with Gasteiger partial charge >= 0.3 is 12.0 Å². The Hall–Kier alpha value is -3.23. The maximum absolute atomic E-state index is 12.7. The van der Waals surface area contributed by atoms with Crippen LogP contribution in [0.2, 0.25) is 0 Å². The molecule has 1 aliphatic rings. The number of nitrogens with one attached hydrogen (secondary N) is 2. The van der Waals surface area contributed by atoms with Crippen LogP contribution in [-0.4, -0.2) is 51.5 Å². The molecule has 0 fully saturated rings. The minimum atomic E-state index is -0.739. The number of ether oxygens (including phenoxy) is 1. The fourth-order valence-electron chi connectivity index (χ4n) is 3.10. The summed E-state index contributed by atoms with van der Waals surface area (Å²) in [5.41, 5.74) is 1.60. The van der Waals surface area contributed by atoms with Gasteiger partial charge in [0.05, 0.1) is 19.3 Å². The van der Waals surface area contributed by atoms with E-state index in [2.05, 4.69) is 20.3 Å². The molecule has 9 nitrogen and oxygen atoms in total. The molecule has 148 valence electrons. The fraction of sp³-hybridized carbons (Fsp3) is 0.421. The van der Waals surface area contributed by atoms with E-state index in [0.717, 1.165) is 0 Å². The number of hydrogen-bond acceptors (Lipinski definition) is 6. The molecule has 0 unspecified atom stereocenters. The molecule has 0 saturated heterocycles. The fourth-order valence-corrected chi connectivity index (χ4v) is 3.10. The largest absolute Gasteiger partial charge is 0.467 e. The van der Waals surface area contributed by atoms with Crippen molar-refractivity contribution >= 4 is 12.0 Å². The van der Waals surface area contributed by atoms with Crippen molar-refractivity contribution in [3.05, 3.63) is 46.1 Å². The Labute approximate surface area is 162 Å². The number of carbonyl (C=O) groups is 2. The summed E-state index contributed by atoms with van der Waals surface area (Å²) in [5, 5.41) is 2.72. The quantitative estimate of drug-likeness (QED) is 0.761. The van der Waals surface area contributed by atoms with E-state index in [9.17, 15) is 14.4 Å². The number of urea groups is 1. The van der Waals surface area contributed by atoms with Crippen LogP contribution in [-0.2, 0) is 22.5 Å². The van der Waals surface area contributed by atoms with Gasteiger partial charge in [0.15, 0.2) is 0 Å². The Kier molecular flexibility index (Phi) is 5.72. The van der Waals surface area contributed by atoms with Crippen LogP contribution in [0.1, 0.15) is 25.1 Å². The number of pyridine rings is 1. The lowest BCUT2D eigenvalue weighted by Crippen LogP contribution is -2.52. The Morgan fingerprint density at radius 3 is 2.79 bits per heavy atom. The number of carbonyl (C=O) groups excluding carboxylic acids is 2. The van der Waals surface area contributed by atoms with Crippen LogP contribution in [0.25, 0.3) is 11.4 Å². The van der Waals surface area contributed by atoms with Crippen molar-refractivity contribution in [1.82, 2.24) is 25.2 Å². The first kappa shape index (κ1) is 19.5. The predicted molar refractivity (Wildman–Crippen MR) is 101 cm³/mol. The van der Waals surface area contributed by atoms with Crippen LogP contribution >= 0.6 is 0 Å². The zero-order valence-corrected chi connectivity index (χ0v) is 16.1. The second-order valence-corrected chi connectivity index (χ2v) is 6.95. The van der Waals surface area contributed by atoms with Gasteiger partial charge in [-0.05, 0) is 24.5 Å². The highest BCUT2D eigenvalue weighted by Crippen LogP contribution is 2.18. The number of esters is 1. The molecule has 3 rings (SSSR count). The van der Waals surface area contributed by atoms with Gasteiger partial charge < -0.3 is 19.9 Å². The second-order valence-electron chi connectivity index (χ2n) is 6.95. The lowest BCUT2D eigenvalue weighted by atomic mass is 10.0. The summed E-state index contributed by atoms with van der Waals surface area (Å²) in [6.45, 7) is 4.20. The maximum Gasteiger partial charge on any atom is 0.328 e. The van der Waals surface area contributed by atoms with E-state index in [-0.39, 0.29) is 24.1 Å². The summed E-state index contributed by atoms with van der Waals surface area (Å²) >= 11 is 0. The maximum atomic E-state index is 12.7. The molecule has 0 spiro atoms. The summed E-state index contributed by atoms with van der Waals surface area (Å²) in [4.78, 5) is 49.9. The van der Waals surface area contributed by atoms with E-state index >= 15 is 0 Å². The molecule has 28 heavy (non-hydrogen) atoms. The van der Waals surface area contributed by atoms with Crippen LogP contribution in [0.4, 0.5) is 4.79 Å². The highest BCUT2D eigenvalue weighted by atomic mass is 16.5. The van der Waals surface area contributed by atoms with Crippen molar-refractivity contribution in [3.63, 3.8) is 0 Å². The molecule has 9 heteroatoms. The van der Waals surface area contributed by atoms with Gasteiger partial charge in [-0.25, -0.2) is 14.6 Å². The monoisotopic (exact) mass is 385 g/mol. The average Bonchev–Trinajstić information content (AvgIpc) is 2.71. The number of nitrogens with zero attached hydrogens (tertiary/aromatic N) is 3. The van der Waals surface area contributed by atoms with Crippen LogP contribution in [0.5, 0.6) is 0 Å². The molecule has 2 aromatic heterocycles.